The summed E-state index contributed by atoms with van der Waals surface area (Å²) in [6, 6.07) is 7.13. The van der Waals surface area contributed by atoms with Crippen LogP contribution in [0.25, 0.3) is 0 Å². The third kappa shape index (κ3) is 7.54. The lowest BCUT2D eigenvalue weighted by molar-refractivity contribution is -0.140. The molecule has 3 rings (SSSR count). The zero-order valence-electron chi connectivity index (χ0n) is 20.5. The van der Waals surface area contributed by atoms with E-state index in [1.807, 2.05) is 30.3 Å². The monoisotopic (exact) mass is 511 g/mol. The second-order valence-electron chi connectivity index (χ2n) is 8.28. The molecule has 2 atom stereocenters. The molecule has 1 aromatic carbocycles. The molecule has 0 aliphatic heterocycles. The molecule has 0 fully saturated rings. The molecule has 4 N–H and O–H groups in total. The van der Waals surface area contributed by atoms with Crippen LogP contribution in [0, 0.1) is 6.92 Å². The first-order valence-electron chi connectivity index (χ1n) is 11.7. The predicted octanol–water partition coefficient (Wildman–Crippen LogP) is 0.816. The van der Waals surface area contributed by atoms with Crippen LogP contribution in [0.4, 0.5) is 5.82 Å². The molecule has 13 nitrogen and oxygen atoms in total. The molecule has 196 valence electrons. The topological polar surface area (TPSA) is 181 Å². The molecule has 37 heavy (non-hydrogen) atoms. The van der Waals surface area contributed by atoms with Gasteiger partial charge in [-0.2, -0.15) is 0 Å². The predicted molar refractivity (Wildman–Crippen MR) is 132 cm³/mol. The van der Waals surface area contributed by atoms with E-state index >= 15 is 0 Å². The molecule has 2 aromatic heterocycles. The Morgan fingerprint density at radius 1 is 1.14 bits per heavy atom. The number of benzene rings is 1. The number of hydrogen-bond acceptors (Lipinski definition) is 10. The molecular weight excluding hydrogens is 482 g/mol. The van der Waals surface area contributed by atoms with Crippen molar-refractivity contribution in [2.75, 3.05) is 11.9 Å². The molecule has 0 bridgehead atoms. The van der Waals surface area contributed by atoms with Crippen molar-refractivity contribution >= 4 is 23.5 Å². The Morgan fingerprint density at radius 2 is 1.89 bits per heavy atom. The van der Waals surface area contributed by atoms with Gasteiger partial charge >= 0.3 is 5.97 Å². The summed E-state index contributed by atoms with van der Waals surface area (Å²) in [5.41, 5.74) is 1.44. The maximum Gasteiger partial charge on any atom is 0.305 e. The number of aliphatic carboxylic acids is 1. The van der Waals surface area contributed by atoms with Gasteiger partial charge in [-0.15, -0.1) is 0 Å². The van der Waals surface area contributed by atoms with Crippen molar-refractivity contribution in [1.29, 1.82) is 0 Å². The Kier molecular flexibility index (Phi) is 9.61. The Balaban J connectivity index is 1.68. The van der Waals surface area contributed by atoms with Gasteiger partial charge in [0, 0.05) is 18.9 Å². The summed E-state index contributed by atoms with van der Waals surface area (Å²) in [5, 5.41) is 25.0. The van der Waals surface area contributed by atoms with Gasteiger partial charge in [-0.3, -0.25) is 23.7 Å². The summed E-state index contributed by atoms with van der Waals surface area (Å²) < 4.78 is 5.82. The normalized spacial score (nSPS) is 12.5. The molecule has 0 radical (unpaired) electrons. The SMILES string of the molecule is CC[C@@H](C(=O)NC(CC(=O)O)C(=O)CNCc1ccccc1)n1ccnc(NCc2nonc2C)c1=O. The van der Waals surface area contributed by atoms with Gasteiger partial charge < -0.3 is 21.1 Å². The zero-order chi connectivity index (χ0) is 26.8. The van der Waals surface area contributed by atoms with Crippen LogP contribution in [0.2, 0.25) is 0 Å². The highest BCUT2D eigenvalue weighted by molar-refractivity contribution is 5.93. The Labute approximate surface area is 212 Å². The van der Waals surface area contributed by atoms with E-state index in [1.165, 1.54) is 17.0 Å². The van der Waals surface area contributed by atoms with E-state index in [1.54, 1.807) is 13.8 Å². The molecule has 0 saturated heterocycles. The fraction of sp³-hybridized carbons (Fsp3) is 0.375. The minimum Gasteiger partial charge on any atom is -0.481 e. The number of nitrogens with one attached hydrogen (secondary N) is 3. The molecule has 1 unspecified atom stereocenters. The Bertz CT molecular complexity index is 1270. The third-order valence-corrected chi connectivity index (χ3v) is 5.62. The minimum absolute atomic E-state index is 0.0144. The lowest BCUT2D eigenvalue weighted by Gasteiger charge is -2.22. The van der Waals surface area contributed by atoms with Crippen LogP contribution in [-0.2, 0) is 27.5 Å². The fourth-order valence-electron chi connectivity index (χ4n) is 3.61. The van der Waals surface area contributed by atoms with Gasteiger partial charge in [0.1, 0.15) is 17.4 Å². The average Bonchev–Trinajstić information content (AvgIpc) is 3.29. The smallest absolute Gasteiger partial charge is 0.305 e. The molecule has 1 amide bonds. The van der Waals surface area contributed by atoms with Gasteiger partial charge in [0.25, 0.3) is 5.56 Å². The number of carbonyl (C=O) groups excluding carboxylic acids is 2. The number of amides is 1. The van der Waals surface area contributed by atoms with E-state index in [-0.39, 0.29) is 25.3 Å². The summed E-state index contributed by atoms with van der Waals surface area (Å²) in [6.45, 7) is 3.81. The highest BCUT2D eigenvalue weighted by Crippen LogP contribution is 2.12. The quantitative estimate of drug-likeness (QED) is 0.240. The van der Waals surface area contributed by atoms with Gasteiger partial charge in [0.05, 0.1) is 25.6 Å². The first kappa shape index (κ1) is 27.2. The Hall–Kier alpha value is -4.39. The molecule has 0 saturated carbocycles. The van der Waals surface area contributed by atoms with E-state index in [9.17, 15) is 24.3 Å². The number of carboxylic acid groups (broad SMARTS) is 1. The van der Waals surface area contributed by atoms with Crippen LogP contribution < -0.4 is 21.5 Å². The van der Waals surface area contributed by atoms with Crippen LogP contribution in [0.3, 0.4) is 0 Å². The molecule has 2 heterocycles. The van der Waals surface area contributed by atoms with Gasteiger partial charge in [-0.25, -0.2) is 9.61 Å². The lowest BCUT2D eigenvalue weighted by Crippen LogP contribution is -2.48. The number of aryl methyl sites for hydroxylation is 1. The average molecular weight is 512 g/mol. The van der Waals surface area contributed by atoms with Gasteiger partial charge in [-0.1, -0.05) is 47.6 Å². The summed E-state index contributed by atoms with van der Waals surface area (Å²) >= 11 is 0. The van der Waals surface area contributed by atoms with Gasteiger partial charge in [-0.05, 0) is 18.9 Å². The van der Waals surface area contributed by atoms with Crippen LogP contribution in [0.5, 0.6) is 0 Å². The number of nitrogens with zero attached hydrogens (tertiary/aromatic N) is 4. The van der Waals surface area contributed by atoms with Crippen LogP contribution in [-0.4, -0.2) is 55.2 Å². The van der Waals surface area contributed by atoms with Gasteiger partial charge in [0.2, 0.25) is 5.91 Å². The molecule has 0 spiro atoms. The van der Waals surface area contributed by atoms with Crippen molar-refractivity contribution in [3.63, 3.8) is 0 Å². The Morgan fingerprint density at radius 3 is 2.54 bits per heavy atom. The maximum atomic E-state index is 13.1. The number of ketones is 1. The van der Waals surface area contributed by atoms with Crippen LogP contribution in [0.15, 0.2) is 52.1 Å². The van der Waals surface area contributed by atoms with E-state index in [4.69, 9.17) is 0 Å². The fourth-order valence-corrected chi connectivity index (χ4v) is 3.61. The number of hydrogen-bond donors (Lipinski definition) is 4. The molecule has 3 aromatic rings. The van der Waals surface area contributed by atoms with Crippen LogP contribution in [0.1, 0.15) is 42.8 Å². The van der Waals surface area contributed by atoms with E-state index in [0.29, 0.717) is 17.9 Å². The van der Waals surface area contributed by atoms with Crippen molar-refractivity contribution in [3.05, 3.63) is 70.0 Å². The summed E-state index contributed by atoms with van der Waals surface area (Å²) in [6.07, 6.45) is 2.35. The second-order valence-corrected chi connectivity index (χ2v) is 8.28. The molecule has 0 aliphatic carbocycles. The number of rotatable bonds is 14. The third-order valence-electron chi connectivity index (χ3n) is 5.62. The highest BCUT2D eigenvalue weighted by atomic mass is 16.6. The summed E-state index contributed by atoms with van der Waals surface area (Å²) in [4.78, 5) is 54.3. The van der Waals surface area contributed by atoms with Gasteiger partial charge in [0.15, 0.2) is 11.6 Å². The van der Waals surface area contributed by atoms with Crippen molar-refractivity contribution in [3.8, 4) is 0 Å². The van der Waals surface area contributed by atoms with E-state index < -0.39 is 41.7 Å². The number of aromatic nitrogens is 4. The first-order valence-corrected chi connectivity index (χ1v) is 11.7. The largest absolute Gasteiger partial charge is 0.481 e. The number of carboxylic acids is 1. The summed E-state index contributed by atoms with van der Waals surface area (Å²) in [5.74, 6) is -2.39. The number of anilines is 1. The highest BCUT2D eigenvalue weighted by Gasteiger charge is 2.28. The van der Waals surface area contributed by atoms with Crippen molar-refractivity contribution in [2.45, 2.75) is 51.9 Å². The molecule has 13 heteroatoms. The van der Waals surface area contributed by atoms with Crippen molar-refractivity contribution in [1.82, 2.24) is 30.5 Å². The van der Waals surface area contributed by atoms with E-state index in [0.717, 1.165) is 5.56 Å². The van der Waals surface area contributed by atoms with Crippen LogP contribution >= 0.6 is 0 Å². The first-order chi connectivity index (χ1) is 17.8. The van der Waals surface area contributed by atoms with E-state index in [2.05, 4.69) is 35.9 Å². The van der Waals surface area contributed by atoms with Crippen molar-refractivity contribution < 1.29 is 24.1 Å². The maximum absolute atomic E-state index is 13.1. The summed E-state index contributed by atoms with van der Waals surface area (Å²) in [7, 11) is 0. The molecule has 0 aliphatic rings. The van der Waals surface area contributed by atoms with Crippen molar-refractivity contribution in [2.24, 2.45) is 0 Å². The standard InChI is InChI=1S/C24H29N7O6/c1-3-19(31-10-9-26-22(24(31)36)27-13-18-15(2)29-37-30-18)23(35)28-17(11-21(33)34)20(32)14-25-12-16-7-5-4-6-8-16/h4-10,17,19,25H,3,11-14H2,1-2H3,(H,26,27)(H,28,35)(H,33,34)/t17?,19-/m0/s1. The minimum atomic E-state index is -1.26. The zero-order valence-corrected chi connectivity index (χ0v) is 20.5. The number of carbonyl (C=O) groups is 3. The lowest BCUT2D eigenvalue weighted by atomic mass is 10.1. The number of Topliss-reactive ketones (excluding diaryl/α,β-unsaturated/α-hetero) is 1. The second kappa shape index (κ2) is 13.1. The molecular formula is C24H29N7O6.